The van der Waals surface area contributed by atoms with Gasteiger partial charge < -0.3 is 16.0 Å². The number of nitriles is 1. The van der Waals surface area contributed by atoms with E-state index >= 15 is 0 Å². The number of hydroxylamine groups is 2. The zero-order valence-electron chi connectivity index (χ0n) is 20.6. The molecule has 0 aliphatic heterocycles. The number of nitrogens with one attached hydrogen (secondary N) is 3. The molecular weight excluding hydrogens is 446 g/mol. The zero-order chi connectivity index (χ0) is 24.3. The molecule has 0 unspecified atom stereocenters. The molecule has 1 fully saturated rings. The Morgan fingerprint density at radius 3 is 2.53 bits per heavy atom. The lowest BCUT2D eigenvalue weighted by atomic mass is 9.90. The van der Waals surface area contributed by atoms with Crippen LogP contribution in [0.3, 0.4) is 0 Å². The lowest BCUT2D eigenvalue weighted by Gasteiger charge is -2.28. The van der Waals surface area contributed by atoms with Crippen molar-refractivity contribution in [1.82, 2.24) is 20.7 Å². The molecule has 1 aromatic rings. The molecule has 3 N–H and O–H groups in total. The fraction of sp³-hybridized carbons (Fsp3) is 0.680. The van der Waals surface area contributed by atoms with Crippen LogP contribution < -0.4 is 16.0 Å². The van der Waals surface area contributed by atoms with Crippen LogP contribution in [-0.2, 0) is 4.84 Å². The highest BCUT2D eigenvalue weighted by atomic mass is 32.1. The van der Waals surface area contributed by atoms with Crippen molar-refractivity contribution in [3.63, 3.8) is 0 Å². The largest absolute Gasteiger partial charge is 0.361 e. The number of nitrogens with zero attached hydrogens (tertiary/aromatic N) is 4. The van der Waals surface area contributed by atoms with Crippen LogP contribution in [-0.4, -0.2) is 47.4 Å². The van der Waals surface area contributed by atoms with Gasteiger partial charge in [-0.15, -0.1) is 4.99 Å². The summed E-state index contributed by atoms with van der Waals surface area (Å²) in [7, 11) is 0. The van der Waals surface area contributed by atoms with E-state index in [1.165, 1.54) is 44.9 Å². The van der Waals surface area contributed by atoms with E-state index in [9.17, 15) is 0 Å². The van der Waals surface area contributed by atoms with Crippen LogP contribution in [0, 0.1) is 17.4 Å². The predicted octanol–water partition coefficient (Wildman–Crippen LogP) is 4.97. The van der Waals surface area contributed by atoms with E-state index < -0.39 is 0 Å². The van der Waals surface area contributed by atoms with Crippen molar-refractivity contribution in [2.24, 2.45) is 10.9 Å². The summed E-state index contributed by atoms with van der Waals surface area (Å²) in [5.74, 6) is 1.14. The number of aromatic nitrogens is 1. The standard InChI is InChI=1S/C25H41N7OS/c1-2-28-25(34)32(33-20-22-12-8-7-9-13-22)19-11-6-4-3-5-10-16-29-24(30-21-26)31-23-14-17-27-18-15-23/h14-15,17-18,22H,2-13,16,19-20H2,1H3,(H,28,34)(H2,27,29,30,31). The van der Waals surface area contributed by atoms with E-state index in [4.69, 9.17) is 22.3 Å². The van der Waals surface area contributed by atoms with Gasteiger partial charge in [-0.25, -0.2) is 5.06 Å². The second kappa shape index (κ2) is 18.0. The first-order chi connectivity index (χ1) is 16.7. The lowest BCUT2D eigenvalue weighted by Crippen LogP contribution is -2.41. The van der Waals surface area contributed by atoms with Crippen molar-refractivity contribution in [1.29, 1.82) is 5.26 Å². The second-order valence-corrected chi connectivity index (χ2v) is 9.09. The Hall–Kier alpha value is -2.44. The number of hydrogen-bond donors (Lipinski definition) is 3. The van der Waals surface area contributed by atoms with E-state index in [2.05, 4.69) is 32.9 Å². The van der Waals surface area contributed by atoms with E-state index in [0.29, 0.717) is 17.0 Å². The molecule has 0 spiro atoms. The average molecular weight is 488 g/mol. The first-order valence-corrected chi connectivity index (χ1v) is 13.2. The fourth-order valence-electron chi connectivity index (χ4n) is 4.04. The minimum Gasteiger partial charge on any atom is -0.361 e. The third kappa shape index (κ3) is 12.1. The highest BCUT2D eigenvalue weighted by molar-refractivity contribution is 7.80. The van der Waals surface area contributed by atoms with Gasteiger partial charge >= 0.3 is 0 Å². The summed E-state index contributed by atoms with van der Waals surface area (Å²) >= 11 is 5.52. The molecule has 1 saturated carbocycles. The first-order valence-electron chi connectivity index (χ1n) is 12.8. The molecule has 188 valence electrons. The monoisotopic (exact) mass is 487 g/mol. The summed E-state index contributed by atoms with van der Waals surface area (Å²) in [5, 5.41) is 21.0. The number of thiocarbonyl (C=S) groups is 1. The summed E-state index contributed by atoms with van der Waals surface area (Å²) in [6.45, 7) is 5.28. The van der Waals surface area contributed by atoms with Crippen LogP contribution >= 0.6 is 12.2 Å². The van der Waals surface area contributed by atoms with Crippen molar-refractivity contribution in [3.05, 3.63) is 24.5 Å². The molecule has 0 aromatic carbocycles. The number of hydrogen-bond acceptors (Lipinski definition) is 5. The molecule has 0 radical (unpaired) electrons. The summed E-state index contributed by atoms with van der Waals surface area (Å²) in [6, 6.07) is 3.67. The summed E-state index contributed by atoms with van der Waals surface area (Å²) in [5.41, 5.74) is 0.849. The normalized spacial score (nSPS) is 14.3. The van der Waals surface area contributed by atoms with Crippen LogP contribution in [0.2, 0.25) is 0 Å². The van der Waals surface area contributed by atoms with E-state index in [1.807, 2.05) is 23.4 Å². The highest BCUT2D eigenvalue weighted by Crippen LogP contribution is 2.24. The zero-order valence-corrected chi connectivity index (χ0v) is 21.4. The molecule has 8 nitrogen and oxygen atoms in total. The molecule has 9 heteroatoms. The first kappa shape index (κ1) is 27.8. The van der Waals surface area contributed by atoms with Gasteiger partial charge in [-0.05, 0) is 62.9 Å². The number of unbranched alkanes of at least 4 members (excludes halogenated alkanes) is 5. The molecule has 1 aliphatic carbocycles. The number of anilines is 1. The van der Waals surface area contributed by atoms with Gasteiger partial charge in [0.2, 0.25) is 12.2 Å². The Labute approximate surface area is 210 Å². The molecule has 34 heavy (non-hydrogen) atoms. The van der Waals surface area contributed by atoms with E-state index in [-0.39, 0.29) is 0 Å². The van der Waals surface area contributed by atoms with Gasteiger partial charge in [0.15, 0.2) is 5.11 Å². The van der Waals surface area contributed by atoms with E-state index in [1.54, 1.807) is 12.4 Å². The van der Waals surface area contributed by atoms with Crippen LogP contribution in [0.1, 0.15) is 77.6 Å². The Morgan fingerprint density at radius 1 is 1.12 bits per heavy atom. The van der Waals surface area contributed by atoms with Gasteiger partial charge in [-0.1, -0.05) is 44.9 Å². The topological polar surface area (TPSA) is 97.6 Å². The van der Waals surface area contributed by atoms with Gasteiger partial charge in [0.25, 0.3) is 0 Å². The van der Waals surface area contributed by atoms with Crippen molar-refractivity contribution >= 4 is 29.0 Å². The summed E-state index contributed by atoms with van der Waals surface area (Å²) in [4.78, 5) is 13.9. The SMILES string of the molecule is CCNC(=S)N(CCCCCCCCN/C(=N\C#N)Nc1ccncc1)OCC1CCCCC1. The average Bonchev–Trinajstić information content (AvgIpc) is 2.86. The summed E-state index contributed by atoms with van der Waals surface area (Å²) < 4.78 is 0. The lowest BCUT2D eigenvalue weighted by molar-refractivity contribution is -0.117. The fourth-order valence-corrected chi connectivity index (χ4v) is 4.33. The molecule has 0 saturated heterocycles. The van der Waals surface area contributed by atoms with Crippen LogP contribution in [0.5, 0.6) is 0 Å². The number of guanidine groups is 1. The Morgan fingerprint density at radius 2 is 1.82 bits per heavy atom. The highest BCUT2D eigenvalue weighted by Gasteiger charge is 2.17. The van der Waals surface area contributed by atoms with Gasteiger partial charge in [0, 0.05) is 37.7 Å². The molecule has 0 amide bonds. The maximum absolute atomic E-state index is 8.89. The molecule has 1 heterocycles. The maximum atomic E-state index is 8.89. The van der Waals surface area contributed by atoms with Crippen LogP contribution in [0.25, 0.3) is 0 Å². The van der Waals surface area contributed by atoms with Crippen molar-refractivity contribution in [3.8, 4) is 6.19 Å². The molecule has 1 aromatic heterocycles. The van der Waals surface area contributed by atoms with Gasteiger partial charge in [0.1, 0.15) is 0 Å². The Balaban J connectivity index is 1.55. The minimum atomic E-state index is 0.471. The smallest absolute Gasteiger partial charge is 0.211 e. The number of pyridine rings is 1. The molecule has 1 aliphatic rings. The Bertz CT molecular complexity index is 747. The third-order valence-electron chi connectivity index (χ3n) is 5.93. The maximum Gasteiger partial charge on any atom is 0.211 e. The van der Waals surface area contributed by atoms with Crippen LogP contribution in [0.4, 0.5) is 5.69 Å². The molecule has 0 bridgehead atoms. The molecule has 2 rings (SSSR count). The molecular formula is C25H41N7OS. The molecule has 0 atom stereocenters. The van der Waals surface area contributed by atoms with Crippen molar-refractivity contribution in [2.75, 3.05) is 31.6 Å². The number of aliphatic imine (C=N–C) groups is 1. The van der Waals surface area contributed by atoms with Gasteiger partial charge in [-0.3, -0.25) is 9.82 Å². The van der Waals surface area contributed by atoms with Crippen molar-refractivity contribution < 1.29 is 4.84 Å². The predicted molar refractivity (Wildman–Crippen MR) is 142 cm³/mol. The van der Waals surface area contributed by atoms with E-state index in [0.717, 1.165) is 57.6 Å². The Kier molecular flexibility index (Phi) is 14.7. The summed E-state index contributed by atoms with van der Waals surface area (Å²) in [6.07, 6.45) is 18.6. The quantitative estimate of drug-likeness (QED) is 0.0845. The number of rotatable bonds is 14. The van der Waals surface area contributed by atoms with Gasteiger partial charge in [0.05, 0.1) is 6.61 Å². The third-order valence-corrected chi connectivity index (χ3v) is 6.28. The van der Waals surface area contributed by atoms with Crippen molar-refractivity contribution in [2.45, 2.75) is 77.6 Å². The second-order valence-electron chi connectivity index (χ2n) is 8.71. The van der Waals surface area contributed by atoms with Crippen LogP contribution in [0.15, 0.2) is 29.5 Å². The minimum absolute atomic E-state index is 0.471. The van der Waals surface area contributed by atoms with Gasteiger partial charge in [-0.2, -0.15) is 5.26 Å².